The number of Topliss-reactive ketones (excluding diaryl/α,β-unsaturated/α-hetero) is 1. The number of nitrogens with zero attached hydrogens (tertiary/aromatic N) is 1. The fourth-order valence-corrected chi connectivity index (χ4v) is 3.65. The Labute approximate surface area is 167 Å². The molecule has 3 N–H and O–H groups in total. The first kappa shape index (κ1) is 22.0. The number of nitrogens with two attached hydrogens (primary N) is 1. The third-order valence-electron chi connectivity index (χ3n) is 4.98. The zero-order valence-electron chi connectivity index (χ0n) is 17.1. The van der Waals surface area contributed by atoms with Crippen molar-refractivity contribution in [3.63, 3.8) is 0 Å². The quantitative estimate of drug-likeness (QED) is 0.566. The predicted octanol–water partition coefficient (Wildman–Crippen LogP) is 3.52. The van der Waals surface area contributed by atoms with Gasteiger partial charge in [0.1, 0.15) is 5.75 Å². The second-order valence-electron chi connectivity index (χ2n) is 7.63. The average Bonchev–Trinajstić information content (AvgIpc) is 2.92. The average molecular weight is 389 g/mol. The first-order chi connectivity index (χ1) is 13.4. The van der Waals surface area contributed by atoms with Gasteiger partial charge in [-0.3, -0.25) is 9.59 Å². The highest BCUT2D eigenvalue weighted by atomic mass is 16.5. The van der Waals surface area contributed by atoms with E-state index < -0.39 is 17.7 Å². The van der Waals surface area contributed by atoms with Gasteiger partial charge >= 0.3 is 0 Å². The molecule has 0 aromatic heterocycles. The highest BCUT2D eigenvalue weighted by molar-refractivity contribution is 6.09. The molecule has 1 unspecified atom stereocenters. The number of hydrogen-bond acceptors (Lipinski definition) is 5. The molecule has 1 atom stereocenters. The van der Waals surface area contributed by atoms with Crippen LogP contribution in [0, 0.1) is 5.92 Å². The largest absolute Gasteiger partial charge is 0.503 e. The molecular weight excluding hydrogens is 356 g/mol. The molecule has 0 radical (unpaired) electrons. The number of hydrogen-bond donors (Lipinski definition) is 2. The summed E-state index contributed by atoms with van der Waals surface area (Å²) in [6.45, 7) is 5.01. The molecule has 0 spiro atoms. The molecule has 1 aliphatic rings. The van der Waals surface area contributed by atoms with Crippen LogP contribution in [0.1, 0.15) is 57.6 Å². The second kappa shape index (κ2) is 10.3. The van der Waals surface area contributed by atoms with Crippen molar-refractivity contribution in [2.24, 2.45) is 11.7 Å². The van der Waals surface area contributed by atoms with Gasteiger partial charge in [0, 0.05) is 18.5 Å². The molecule has 0 aliphatic carbocycles. The first-order valence-corrected chi connectivity index (χ1v) is 10.0. The second-order valence-corrected chi connectivity index (χ2v) is 7.63. The number of unbranched alkanes of at least 4 members (excludes halogenated alkanes) is 3. The number of para-hydroxylation sites is 1. The Balaban J connectivity index is 2.36. The van der Waals surface area contributed by atoms with Crippen molar-refractivity contribution >= 4 is 11.7 Å². The summed E-state index contributed by atoms with van der Waals surface area (Å²) in [7, 11) is 1.56. The number of ether oxygens (including phenoxy) is 1. The van der Waals surface area contributed by atoms with Crippen LogP contribution in [0.4, 0.5) is 0 Å². The summed E-state index contributed by atoms with van der Waals surface area (Å²) in [6, 6.07) is 6.72. The van der Waals surface area contributed by atoms with E-state index in [-0.39, 0.29) is 23.7 Å². The minimum Gasteiger partial charge on any atom is -0.503 e. The van der Waals surface area contributed by atoms with E-state index in [1.165, 1.54) is 0 Å². The molecular formula is C22H32N2O4. The lowest BCUT2D eigenvalue weighted by atomic mass is 9.91. The summed E-state index contributed by atoms with van der Waals surface area (Å²) in [6.07, 6.45) is 3.95. The summed E-state index contributed by atoms with van der Waals surface area (Å²) >= 11 is 0. The number of methoxy groups -OCH3 is 1. The maximum atomic E-state index is 12.9. The van der Waals surface area contributed by atoms with Crippen LogP contribution < -0.4 is 10.5 Å². The van der Waals surface area contributed by atoms with Crippen molar-refractivity contribution in [2.75, 3.05) is 20.2 Å². The number of aliphatic hydroxyl groups excluding tert-OH is 1. The molecule has 0 saturated carbocycles. The fraction of sp³-hybridized carbons (Fsp3) is 0.545. The maximum Gasteiger partial charge on any atom is 0.290 e. The van der Waals surface area contributed by atoms with Gasteiger partial charge in [-0.25, -0.2) is 0 Å². The summed E-state index contributed by atoms with van der Waals surface area (Å²) in [5.41, 5.74) is 6.44. The van der Waals surface area contributed by atoms with Gasteiger partial charge in [-0.05, 0) is 31.4 Å². The van der Waals surface area contributed by atoms with E-state index in [0.717, 1.165) is 31.2 Å². The number of rotatable bonds is 11. The molecule has 28 heavy (non-hydrogen) atoms. The SMILES string of the molecule is COc1ccccc1C1C(C(=O)CC(C)C)=C(O)C(=O)N1CCCCCCN. The molecule has 1 aliphatic heterocycles. The zero-order valence-corrected chi connectivity index (χ0v) is 17.1. The molecule has 2 rings (SSSR count). The Morgan fingerprint density at radius 2 is 1.89 bits per heavy atom. The van der Waals surface area contributed by atoms with Gasteiger partial charge in [0.25, 0.3) is 5.91 Å². The topological polar surface area (TPSA) is 92.9 Å². The van der Waals surface area contributed by atoms with Crippen LogP contribution in [0.2, 0.25) is 0 Å². The summed E-state index contributed by atoms with van der Waals surface area (Å²) in [5, 5.41) is 10.6. The molecule has 0 bridgehead atoms. The van der Waals surface area contributed by atoms with Crippen LogP contribution in [0.15, 0.2) is 35.6 Å². The highest BCUT2D eigenvalue weighted by Crippen LogP contribution is 2.42. The molecule has 0 fully saturated rings. The maximum absolute atomic E-state index is 12.9. The number of ketones is 1. The van der Waals surface area contributed by atoms with Crippen LogP contribution in [0.25, 0.3) is 0 Å². The third-order valence-corrected chi connectivity index (χ3v) is 4.98. The molecule has 1 heterocycles. The molecule has 0 saturated heterocycles. The van der Waals surface area contributed by atoms with Crippen molar-refractivity contribution in [2.45, 2.75) is 52.0 Å². The monoisotopic (exact) mass is 388 g/mol. The number of carbonyl (C=O) groups excluding carboxylic acids is 2. The number of aliphatic hydroxyl groups is 1. The Bertz CT molecular complexity index is 727. The predicted molar refractivity (Wildman–Crippen MR) is 109 cm³/mol. The third kappa shape index (κ3) is 4.93. The Hall–Kier alpha value is -2.34. The van der Waals surface area contributed by atoms with E-state index in [1.807, 2.05) is 32.0 Å². The molecule has 1 aromatic carbocycles. The Morgan fingerprint density at radius 1 is 1.21 bits per heavy atom. The lowest BCUT2D eigenvalue weighted by Gasteiger charge is -2.28. The molecule has 6 nitrogen and oxygen atoms in total. The minimum absolute atomic E-state index is 0.131. The van der Waals surface area contributed by atoms with Crippen molar-refractivity contribution in [1.82, 2.24) is 4.90 Å². The summed E-state index contributed by atoms with van der Waals surface area (Å²) < 4.78 is 5.48. The van der Waals surface area contributed by atoms with Gasteiger partial charge < -0.3 is 20.5 Å². The lowest BCUT2D eigenvalue weighted by molar-refractivity contribution is -0.129. The van der Waals surface area contributed by atoms with E-state index in [1.54, 1.807) is 18.1 Å². The fourth-order valence-electron chi connectivity index (χ4n) is 3.65. The van der Waals surface area contributed by atoms with Crippen molar-refractivity contribution < 1.29 is 19.4 Å². The van der Waals surface area contributed by atoms with Gasteiger partial charge in [-0.2, -0.15) is 0 Å². The van der Waals surface area contributed by atoms with E-state index >= 15 is 0 Å². The van der Waals surface area contributed by atoms with E-state index in [2.05, 4.69) is 0 Å². The van der Waals surface area contributed by atoms with Crippen molar-refractivity contribution in [1.29, 1.82) is 0 Å². The van der Waals surface area contributed by atoms with Crippen LogP contribution in [-0.4, -0.2) is 41.9 Å². The van der Waals surface area contributed by atoms with E-state index in [4.69, 9.17) is 10.5 Å². The normalized spacial score (nSPS) is 17.0. The van der Waals surface area contributed by atoms with Gasteiger partial charge in [-0.15, -0.1) is 0 Å². The van der Waals surface area contributed by atoms with Gasteiger partial charge in [0.15, 0.2) is 11.5 Å². The van der Waals surface area contributed by atoms with Crippen molar-refractivity contribution in [3.8, 4) is 5.75 Å². The smallest absolute Gasteiger partial charge is 0.290 e. The molecule has 154 valence electrons. The van der Waals surface area contributed by atoms with Gasteiger partial charge in [0.2, 0.25) is 0 Å². The van der Waals surface area contributed by atoms with E-state index in [0.29, 0.717) is 18.8 Å². The Morgan fingerprint density at radius 3 is 2.54 bits per heavy atom. The summed E-state index contributed by atoms with van der Waals surface area (Å²) in [5.74, 6) is -0.378. The van der Waals surface area contributed by atoms with Gasteiger partial charge in [-0.1, -0.05) is 44.9 Å². The first-order valence-electron chi connectivity index (χ1n) is 10.0. The van der Waals surface area contributed by atoms with E-state index in [9.17, 15) is 14.7 Å². The number of carbonyl (C=O) groups is 2. The van der Waals surface area contributed by atoms with Crippen LogP contribution in [-0.2, 0) is 9.59 Å². The van der Waals surface area contributed by atoms with Crippen LogP contribution in [0.3, 0.4) is 0 Å². The van der Waals surface area contributed by atoms with Crippen molar-refractivity contribution in [3.05, 3.63) is 41.2 Å². The highest BCUT2D eigenvalue weighted by Gasteiger charge is 2.44. The Kier molecular flexibility index (Phi) is 8.05. The summed E-state index contributed by atoms with van der Waals surface area (Å²) in [4.78, 5) is 27.3. The standard InChI is InChI=1S/C22H32N2O4/c1-15(2)14-17(25)19-20(16-10-6-7-11-18(16)28-3)24(22(27)21(19)26)13-9-5-4-8-12-23/h6-7,10-11,15,20,26H,4-5,8-9,12-14,23H2,1-3H3. The zero-order chi connectivity index (χ0) is 20.7. The number of amides is 1. The van der Waals surface area contributed by atoms with Crippen LogP contribution >= 0.6 is 0 Å². The minimum atomic E-state index is -0.621. The molecule has 1 aromatic rings. The molecule has 1 amide bonds. The molecule has 6 heteroatoms. The van der Waals surface area contributed by atoms with Crippen LogP contribution in [0.5, 0.6) is 5.75 Å². The van der Waals surface area contributed by atoms with Gasteiger partial charge in [0.05, 0.1) is 18.7 Å². The lowest BCUT2D eigenvalue weighted by Crippen LogP contribution is -2.32. The number of benzene rings is 1.